The number of nitrogens with zero attached hydrogens (tertiary/aromatic N) is 3. The second-order valence-corrected chi connectivity index (χ2v) is 5.68. The summed E-state index contributed by atoms with van der Waals surface area (Å²) in [6, 6.07) is 1.96. The van der Waals surface area contributed by atoms with E-state index in [2.05, 4.69) is 27.1 Å². The van der Waals surface area contributed by atoms with Gasteiger partial charge >= 0.3 is 6.18 Å². The van der Waals surface area contributed by atoms with Gasteiger partial charge in [-0.3, -0.25) is 9.78 Å². The molecule has 1 aliphatic rings. The molecule has 0 atom stereocenters. The molecule has 1 N–H and O–H groups in total. The third-order valence-electron chi connectivity index (χ3n) is 3.85. The summed E-state index contributed by atoms with van der Waals surface area (Å²) < 4.78 is 37.2. The molecule has 1 fully saturated rings. The molecule has 0 spiro atoms. The first-order valence-corrected chi connectivity index (χ1v) is 7.58. The molecular formula is C15H21F3N4O. The Labute approximate surface area is 133 Å². The van der Waals surface area contributed by atoms with Crippen LogP contribution in [0, 0.1) is 0 Å². The van der Waals surface area contributed by atoms with Gasteiger partial charge in [0.25, 0.3) is 5.91 Å². The lowest BCUT2D eigenvalue weighted by atomic mass is 10.2. The molecule has 1 amide bonds. The highest BCUT2D eigenvalue weighted by Gasteiger charge is 2.32. The maximum absolute atomic E-state index is 12.4. The second-order valence-electron chi connectivity index (χ2n) is 5.68. The van der Waals surface area contributed by atoms with Crippen molar-refractivity contribution in [1.29, 1.82) is 0 Å². The van der Waals surface area contributed by atoms with Crippen LogP contribution >= 0.6 is 0 Å². The third-order valence-corrected chi connectivity index (χ3v) is 3.85. The minimum atomic E-state index is -4.49. The van der Waals surface area contributed by atoms with E-state index in [0.29, 0.717) is 6.54 Å². The number of hydrogen-bond acceptors (Lipinski definition) is 4. The first kappa shape index (κ1) is 17.7. The number of nitrogens with one attached hydrogen (secondary N) is 1. The van der Waals surface area contributed by atoms with Crippen LogP contribution in [-0.2, 0) is 6.18 Å². The van der Waals surface area contributed by atoms with Gasteiger partial charge in [0.15, 0.2) is 0 Å². The second kappa shape index (κ2) is 7.74. The van der Waals surface area contributed by atoms with Crippen LogP contribution in [0.2, 0.25) is 0 Å². The van der Waals surface area contributed by atoms with Gasteiger partial charge in [0.05, 0.1) is 5.56 Å². The molecule has 0 aliphatic carbocycles. The molecule has 23 heavy (non-hydrogen) atoms. The number of likely N-dealkylation sites (N-methyl/N-ethyl adjacent to an activating group) is 1. The number of hydrogen-bond donors (Lipinski definition) is 1. The number of alkyl halides is 3. The lowest BCUT2D eigenvalue weighted by Crippen LogP contribution is -2.45. The lowest BCUT2D eigenvalue weighted by Gasteiger charge is -2.32. The van der Waals surface area contributed by atoms with E-state index in [9.17, 15) is 18.0 Å². The first-order chi connectivity index (χ1) is 10.9. The van der Waals surface area contributed by atoms with Gasteiger partial charge < -0.3 is 15.1 Å². The van der Waals surface area contributed by atoms with Crippen molar-refractivity contribution in [3.05, 3.63) is 29.6 Å². The fourth-order valence-electron chi connectivity index (χ4n) is 2.37. The molecule has 5 nitrogen and oxygen atoms in total. The van der Waals surface area contributed by atoms with Crippen LogP contribution in [0.5, 0.6) is 0 Å². The summed E-state index contributed by atoms with van der Waals surface area (Å²) in [5.74, 6) is -0.399. The summed E-state index contributed by atoms with van der Waals surface area (Å²) in [7, 11) is 2.09. The third kappa shape index (κ3) is 5.47. The average molecular weight is 330 g/mol. The SMILES string of the molecule is CN1CCN(CCCNC(=O)c2ccc(C(F)(F)F)nc2)CC1. The van der Waals surface area contributed by atoms with Crippen LogP contribution in [0.1, 0.15) is 22.5 Å². The molecule has 0 saturated carbocycles. The predicted molar refractivity (Wildman–Crippen MR) is 80.1 cm³/mol. The summed E-state index contributed by atoms with van der Waals surface area (Å²) in [6.07, 6.45) is -2.72. The minimum absolute atomic E-state index is 0.137. The number of pyridine rings is 1. The molecular weight excluding hydrogens is 309 g/mol. The Kier molecular flexibility index (Phi) is 5.95. The van der Waals surface area contributed by atoms with Gasteiger partial charge in [-0.05, 0) is 32.1 Å². The van der Waals surface area contributed by atoms with Crippen LogP contribution in [-0.4, -0.2) is 67.0 Å². The molecule has 2 heterocycles. The Bertz CT molecular complexity index is 510. The number of halogens is 3. The van der Waals surface area contributed by atoms with Crippen molar-refractivity contribution in [2.75, 3.05) is 46.3 Å². The van der Waals surface area contributed by atoms with E-state index < -0.39 is 17.8 Å². The van der Waals surface area contributed by atoms with Gasteiger partial charge in [-0.1, -0.05) is 0 Å². The Morgan fingerprint density at radius 1 is 1.26 bits per heavy atom. The number of rotatable bonds is 5. The fraction of sp³-hybridized carbons (Fsp3) is 0.600. The Balaban J connectivity index is 1.70. The highest BCUT2D eigenvalue weighted by Crippen LogP contribution is 2.27. The lowest BCUT2D eigenvalue weighted by molar-refractivity contribution is -0.141. The first-order valence-electron chi connectivity index (χ1n) is 7.58. The van der Waals surface area contributed by atoms with E-state index >= 15 is 0 Å². The number of aromatic nitrogens is 1. The smallest absolute Gasteiger partial charge is 0.352 e. The highest BCUT2D eigenvalue weighted by atomic mass is 19.4. The zero-order chi connectivity index (χ0) is 16.9. The van der Waals surface area contributed by atoms with Crippen molar-refractivity contribution >= 4 is 5.91 Å². The maximum atomic E-state index is 12.4. The largest absolute Gasteiger partial charge is 0.433 e. The fourth-order valence-corrected chi connectivity index (χ4v) is 2.37. The summed E-state index contributed by atoms with van der Waals surface area (Å²) in [5, 5.41) is 2.71. The van der Waals surface area contributed by atoms with E-state index in [1.165, 1.54) is 0 Å². The summed E-state index contributed by atoms with van der Waals surface area (Å²) in [4.78, 5) is 19.7. The zero-order valence-electron chi connectivity index (χ0n) is 13.1. The van der Waals surface area contributed by atoms with Gasteiger partial charge in [-0.25, -0.2) is 0 Å². The molecule has 1 aliphatic heterocycles. The van der Waals surface area contributed by atoms with Gasteiger partial charge in [-0.15, -0.1) is 0 Å². The minimum Gasteiger partial charge on any atom is -0.352 e. The van der Waals surface area contributed by atoms with Crippen molar-refractivity contribution in [3.8, 4) is 0 Å². The average Bonchev–Trinajstić information content (AvgIpc) is 2.52. The van der Waals surface area contributed by atoms with E-state index in [1.807, 2.05) is 0 Å². The van der Waals surface area contributed by atoms with Crippen LogP contribution in [0.4, 0.5) is 13.2 Å². The molecule has 1 saturated heterocycles. The standard InChI is InChI=1S/C15H21F3N4O/c1-21-7-9-22(10-8-21)6-2-5-19-14(23)12-3-4-13(20-11-12)15(16,17)18/h3-4,11H,2,5-10H2,1H3,(H,19,23). The summed E-state index contributed by atoms with van der Waals surface area (Å²) in [5.41, 5.74) is -0.860. The molecule has 1 aromatic rings. The van der Waals surface area contributed by atoms with E-state index in [1.54, 1.807) is 0 Å². The van der Waals surface area contributed by atoms with Crippen molar-refractivity contribution in [2.24, 2.45) is 0 Å². The van der Waals surface area contributed by atoms with Gasteiger partial charge in [-0.2, -0.15) is 13.2 Å². The van der Waals surface area contributed by atoms with Crippen molar-refractivity contribution in [1.82, 2.24) is 20.1 Å². The molecule has 128 valence electrons. The van der Waals surface area contributed by atoms with Crippen LogP contribution < -0.4 is 5.32 Å². The molecule has 0 radical (unpaired) electrons. The van der Waals surface area contributed by atoms with Crippen molar-refractivity contribution in [3.63, 3.8) is 0 Å². The Hall–Kier alpha value is -1.67. The Morgan fingerprint density at radius 2 is 1.96 bits per heavy atom. The van der Waals surface area contributed by atoms with Crippen LogP contribution in [0.15, 0.2) is 18.3 Å². The van der Waals surface area contributed by atoms with Crippen LogP contribution in [0.3, 0.4) is 0 Å². The van der Waals surface area contributed by atoms with Gasteiger partial charge in [0.2, 0.25) is 0 Å². The molecule has 8 heteroatoms. The van der Waals surface area contributed by atoms with E-state index in [4.69, 9.17) is 0 Å². The van der Waals surface area contributed by atoms with Gasteiger partial charge in [0.1, 0.15) is 5.69 Å². The summed E-state index contributed by atoms with van der Waals surface area (Å²) in [6.45, 7) is 5.53. The maximum Gasteiger partial charge on any atom is 0.433 e. The predicted octanol–water partition coefficient (Wildman–Crippen LogP) is 1.47. The highest BCUT2D eigenvalue weighted by molar-refractivity contribution is 5.93. The molecule has 1 aromatic heterocycles. The normalized spacial score (nSPS) is 17.2. The molecule has 0 unspecified atom stereocenters. The van der Waals surface area contributed by atoms with Crippen molar-refractivity contribution in [2.45, 2.75) is 12.6 Å². The number of carbonyl (C=O) groups is 1. The van der Waals surface area contributed by atoms with E-state index in [0.717, 1.165) is 57.5 Å². The quantitative estimate of drug-likeness (QED) is 0.831. The summed E-state index contributed by atoms with van der Waals surface area (Å²) >= 11 is 0. The monoisotopic (exact) mass is 330 g/mol. The Morgan fingerprint density at radius 3 is 2.52 bits per heavy atom. The molecule has 0 bridgehead atoms. The zero-order valence-corrected chi connectivity index (χ0v) is 13.1. The van der Waals surface area contributed by atoms with Gasteiger partial charge in [0, 0.05) is 38.9 Å². The molecule has 0 aromatic carbocycles. The van der Waals surface area contributed by atoms with E-state index in [-0.39, 0.29) is 5.56 Å². The van der Waals surface area contributed by atoms with Crippen LogP contribution in [0.25, 0.3) is 0 Å². The number of amides is 1. The number of piperazine rings is 1. The number of carbonyl (C=O) groups excluding carboxylic acids is 1. The topological polar surface area (TPSA) is 48.5 Å². The van der Waals surface area contributed by atoms with Crippen molar-refractivity contribution < 1.29 is 18.0 Å². The molecule has 2 rings (SSSR count).